The Bertz CT molecular complexity index is 148. The molecule has 1 rings (SSSR count). The number of nitrogens with zero attached hydrogens (tertiary/aromatic N) is 1. The lowest BCUT2D eigenvalue weighted by molar-refractivity contribution is -0.0483. The molecule has 0 aromatic rings. The van der Waals surface area contributed by atoms with Crippen molar-refractivity contribution >= 4 is 5.84 Å². The molecule has 1 N–H and O–H groups in total. The minimum Gasteiger partial charge on any atom is -0.372 e. The summed E-state index contributed by atoms with van der Waals surface area (Å²) >= 11 is 0. The Balaban J connectivity index is 2.49. The van der Waals surface area contributed by atoms with Crippen molar-refractivity contribution in [3.8, 4) is 0 Å². The van der Waals surface area contributed by atoms with Crippen molar-refractivity contribution in [1.29, 1.82) is 5.41 Å². The zero-order valence-corrected chi connectivity index (χ0v) is 7.42. The molecule has 0 bridgehead atoms. The van der Waals surface area contributed by atoms with E-state index in [2.05, 4.69) is 4.90 Å². The third-order valence-corrected chi connectivity index (χ3v) is 1.89. The van der Waals surface area contributed by atoms with Crippen LogP contribution in [0.4, 0.5) is 0 Å². The average Bonchev–Trinajstić information content (AvgIpc) is 1.85. The van der Waals surface area contributed by atoms with Gasteiger partial charge in [0.25, 0.3) is 0 Å². The Hall–Kier alpha value is -0.570. The quantitative estimate of drug-likeness (QED) is 0.421. The van der Waals surface area contributed by atoms with E-state index in [0.29, 0.717) is 5.84 Å². The van der Waals surface area contributed by atoms with Gasteiger partial charge in [0, 0.05) is 13.1 Å². The summed E-state index contributed by atoms with van der Waals surface area (Å²) in [6.07, 6.45) is 0.526. The molecule has 0 saturated carbocycles. The largest absolute Gasteiger partial charge is 0.372 e. The normalized spacial score (nSPS) is 32.1. The number of ether oxygens (including phenoxy) is 1. The number of amidine groups is 1. The fourth-order valence-electron chi connectivity index (χ4n) is 1.45. The van der Waals surface area contributed by atoms with E-state index in [4.69, 9.17) is 10.1 Å². The summed E-state index contributed by atoms with van der Waals surface area (Å²) in [4.78, 5) is 2.05. The fraction of sp³-hybridized carbons (Fsp3) is 0.875. The Morgan fingerprint density at radius 2 is 1.82 bits per heavy atom. The van der Waals surface area contributed by atoms with Crippen molar-refractivity contribution in [1.82, 2.24) is 4.90 Å². The molecule has 0 aliphatic carbocycles. The van der Waals surface area contributed by atoms with Gasteiger partial charge in [-0.05, 0) is 20.8 Å². The summed E-state index contributed by atoms with van der Waals surface area (Å²) in [5.74, 6) is 0.645. The van der Waals surface area contributed by atoms with Gasteiger partial charge in [-0.15, -0.1) is 0 Å². The van der Waals surface area contributed by atoms with E-state index >= 15 is 0 Å². The molecule has 1 fully saturated rings. The lowest BCUT2D eigenvalue weighted by atomic mass is 10.2. The number of nitrogens with one attached hydrogen (secondary N) is 1. The molecule has 0 aromatic heterocycles. The van der Waals surface area contributed by atoms with Crippen LogP contribution in [0.5, 0.6) is 0 Å². The average molecular weight is 156 g/mol. The van der Waals surface area contributed by atoms with E-state index in [0.717, 1.165) is 13.1 Å². The first kappa shape index (κ1) is 8.53. The van der Waals surface area contributed by atoms with Gasteiger partial charge < -0.3 is 9.64 Å². The maximum absolute atomic E-state index is 7.44. The molecule has 1 saturated heterocycles. The minimum absolute atomic E-state index is 0.263. The zero-order chi connectivity index (χ0) is 8.43. The molecule has 64 valence electrons. The lowest BCUT2D eigenvalue weighted by Gasteiger charge is -2.35. The lowest BCUT2D eigenvalue weighted by Crippen LogP contribution is -2.47. The Morgan fingerprint density at radius 1 is 1.36 bits per heavy atom. The van der Waals surface area contributed by atoms with Gasteiger partial charge in [0.1, 0.15) is 0 Å². The highest BCUT2D eigenvalue weighted by Crippen LogP contribution is 2.10. The van der Waals surface area contributed by atoms with E-state index in [9.17, 15) is 0 Å². The molecule has 0 aromatic carbocycles. The molecule has 2 unspecified atom stereocenters. The van der Waals surface area contributed by atoms with Gasteiger partial charge in [-0.2, -0.15) is 0 Å². The SMILES string of the molecule is CC(=N)N1CC(C)OC(C)C1. The molecule has 2 atom stereocenters. The molecular formula is C8H16N2O. The topological polar surface area (TPSA) is 36.3 Å². The second kappa shape index (κ2) is 3.22. The summed E-state index contributed by atoms with van der Waals surface area (Å²) in [6.45, 7) is 7.64. The van der Waals surface area contributed by atoms with Crippen LogP contribution in [-0.4, -0.2) is 36.0 Å². The van der Waals surface area contributed by atoms with E-state index < -0.39 is 0 Å². The number of rotatable bonds is 0. The van der Waals surface area contributed by atoms with Crippen LogP contribution < -0.4 is 0 Å². The van der Waals surface area contributed by atoms with Crippen molar-refractivity contribution < 1.29 is 4.74 Å². The van der Waals surface area contributed by atoms with Gasteiger partial charge in [-0.3, -0.25) is 5.41 Å². The smallest absolute Gasteiger partial charge is 0.0927 e. The van der Waals surface area contributed by atoms with Crippen LogP contribution in [0.3, 0.4) is 0 Å². The first-order chi connectivity index (χ1) is 5.09. The van der Waals surface area contributed by atoms with Crippen LogP contribution in [0.25, 0.3) is 0 Å². The van der Waals surface area contributed by atoms with Gasteiger partial charge in [0.15, 0.2) is 0 Å². The van der Waals surface area contributed by atoms with Crippen molar-refractivity contribution in [2.45, 2.75) is 33.0 Å². The maximum Gasteiger partial charge on any atom is 0.0927 e. The first-order valence-electron chi connectivity index (χ1n) is 4.05. The van der Waals surface area contributed by atoms with Gasteiger partial charge in [-0.1, -0.05) is 0 Å². The van der Waals surface area contributed by atoms with Crippen molar-refractivity contribution in [2.75, 3.05) is 13.1 Å². The van der Waals surface area contributed by atoms with Crippen molar-refractivity contribution in [3.63, 3.8) is 0 Å². The van der Waals surface area contributed by atoms with Crippen LogP contribution in [0.15, 0.2) is 0 Å². The summed E-state index contributed by atoms with van der Waals surface area (Å²) in [5, 5.41) is 7.44. The van der Waals surface area contributed by atoms with Gasteiger partial charge in [-0.25, -0.2) is 0 Å². The van der Waals surface area contributed by atoms with Crippen LogP contribution in [-0.2, 0) is 4.74 Å². The molecule has 1 aliphatic rings. The molecule has 11 heavy (non-hydrogen) atoms. The first-order valence-corrected chi connectivity index (χ1v) is 4.05. The Kier molecular flexibility index (Phi) is 2.49. The van der Waals surface area contributed by atoms with Gasteiger partial charge in [0.05, 0.1) is 18.0 Å². The third-order valence-electron chi connectivity index (χ3n) is 1.89. The van der Waals surface area contributed by atoms with Crippen LogP contribution in [0.1, 0.15) is 20.8 Å². The zero-order valence-electron chi connectivity index (χ0n) is 7.42. The van der Waals surface area contributed by atoms with Crippen molar-refractivity contribution in [2.24, 2.45) is 0 Å². The second-order valence-corrected chi connectivity index (χ2v) is 3.25. The standard InChI is InChI=1S/C8H16N2O/c1-6-4-10(8(3)9)5-7(2)11-6/h6-7,9H,4-5H2,1-3H3. The van der Waals surface area contributed by atoms with Crippen LogP contribution in [0, 0.1) is 5.41 Å². The van der Waals surface area contributed by atoms with Crippen LogP contribution >= 0.6 is 0 Å². The van der Waals surface area contributed by atoms with E-state index in [1.54, 1.807) is 0 Å². The summed E-state index contributed by atoms with van der Waals surface area (Å²) in [5.41, 5.74) is 0. The number of hydrogen-bond acceptors (Lipinski definition) is 2. The summed E-state index contributed by atoms with van der Waals surface area (Å²) in [6, 6.07) is 0. The molecule has 3 heteroatoms. The van der Waals surface area contributed by atoms with E-state index in [1.165, 1.54) is 0 Å². The second-order valence-electron chi connectivity index (χ2n) is 3.25. The van der Waals surface area contributed by atoms with Crippen LogP contribution in [0.2, 0.25) is 0 Å². The maximum atomic E-state index is 7.44. The van der Waals surface area contributed by atoms with Crippen molar-refractivity contribution in [3.05, 3.63) is 0 Å². The van der Waals surface area contributed by atoms with E-state index in [1.807, 2.05) is 20.8 Å². The fourth-order valence-corrected chi connectivity index (χ4v) is 1.45. The molecule has 0 amide bonds. The molecule has 0 spiro atoms. The summed E-state index contributed by atoms with van der Waals surface area (Å²) in [7, 11) is 0. The minimum atomic E-state index is 0.263. The van der Waals surface area contributed by atoms with E-state index in [-0.39, 0.29) is 12.2 Å². The highest BCUT2D eigenvalue weighted by molar-refractivity contribution is 5.76. The molecule has 0 radical (unpaired) electrons. The highest BCUT2D eigenvalue weighted by Gasteiger charge is 2.21. The summed E-state index contributed by atoms with van der Waals surface area (Å²) < 4.78 is 5.53. The molecule has 3 nitrogen and oxygen atoms in total. The highest BCUT2D eigenvalue weighted by atomic mass is 16.5. The predicted molar refractivity (Wildman–Crippen MR) is 45.0 cm³/mol. The Labute approximate surface area is 67.8 Å². The van der Waals surface area contributed by atoms with Gasteiger partial charge >= 0.3 is 0 Å². The monoisotopic (exact) mass is 156 g/mol. The number of morpholine rings is 1. The molecule has 1 aliphatic heterocycles. The molecule has 1 heterocycles. The van der Waals surface area contributed by atoms with Gasteiger partial charge in [0.2, 0.25) is 0 Å². The molecular weight excluding hydrogens is 140 g/mol. The number of hydrogen-bond donors (Lipinski definition) is 1. The predicted octanol–water partition coefficient (Wildman–Crippen LogP) is 1.09. The Morgan fingerprint density at radius 3 is 2.18 bits per heavy atom. The third kappa shape index (κ3) is 2.19.